The highest BCUT2D eigenvalue weighted by atomic mass is 35.5. The van der Waals surface area contributed by atoms with E-state index in [9.17, 15) is 9.90 Å². The van der Waals surface area contributed by atoms with Gasteiger partial charge in [0.25, 0.3) is 0 Å². The van der Waals surface area contributed by atoms with Gasteiger partial charge in [0.05, 0.1) is 17.5 Å². The molecule has 1 aromatic heterocycles. The van der Waals surface area contributed by atoms with Gasteiger partial charge in [-0.15, -0.1) is 5.10 Å². The zero-order chi connectivity index (χ0) is 18.5. The average Bonchev–Trinajstić information content (AvgIpc) is 3.09. The molecule has 0 aliphatic carbocycles. The highest BCUT2D eigenvalue weighted by Gasteiger charge is 2.14. The van der Waals surface area contributed by atoms with Crippen LogP contribution in [0.15, 0.2) is 53.7 Å². The van der Waals surface area contributed by atoms with Crippen molar-refractivity contribution in [3.05, 3.63) is 59.1 Å². The second-order valence-corrected chi connectivity index (χ2v) is 6.90. The number of amides is 1. The molecule has 26 heavy (non-hydrogen) atoms. The molecular weight excluding hydrogens is 374 g/mol. The number of phenolic OH excluding ortho intramolecular Hbond substituents is 1. The Morgan fingerprint density at radius 1 is 1.23 bits per heavy atom. The Morgan fingerprint density at radius 2 is 1.92 bits per heavy atom. The summed E-state index contributed by atoms with van der Waals surface area (Å²) in [6.45, 7) is 1.91. The van der Waals surface area contributed by atoms with Gasteiger partial charge in [-0.3, -0.25) is 4.79 Å². The highest BCUT2D eigenvalue weighted by Crippen LogP contribution is 2.20. The van der Waals surface area contributed by atoms with E-state index in [2.05, 4.69) is 20.8 Å². The number of nitrogens with zero attached hydrogens (tertiary/aromatic N) is 4. The molecule has 0 unspecified atom stereocenters. The lowest BCUT2D eigenvalue weighted by molar-refractivity contribution is -0.119. The van der Waals surface area contributed by atoms with E-state index in [-0.39, 0.29) is 23.5 Å². The van der Waals surface area contributed by atoms with E-state index in [1.807, 2.05) is 19.1 Å². The number of halogens is 1. The molecule has 1 atom stereocenters. The summed E-state index contributed by atoms with van der Waals surface area (Å²) >= 11 is 7.11. The normalized spacial score (nSPS) is 11.9. The van der Waals surface area contributed by atoms with Crippen molar-refractivity contribution in [2.75, 3.05) is 5.75 Å². The predicted molar refractivity (Wildman–Crippen MR) is 99.6 cm³/mol. The number of tetrazole rings is 1. The number of hydrogen-bond donors (Lipinski definition) is 2. The lowest BCUT2D eigenvalue weighted by Crippen LogP contribution is -2.28. The Bertz CT molecular complexity index is 883. The number of thioether (sulfide) groups is 1. The second kappa shape index (κ2) is 8.20. The van der Waals surface area contributed by atoms with Crippen LogP contribution in [-0.2, 0) is 4.79 Å². The number of aromatic nitrogens is 4. The molecule has 3 rings (SSSR count). The summed E-state index contributed by atoms with van der Waals surface area (Å²) in [5.41, 5.74) is 1.67. The molecule has 134 valence electrons. The third-order valence-electron chi connectivity index (χ3n) is 3.62. The number of nitrogens with one attached hydrogen (secondary N) is 1. The monoisotopic (exact) mass is 389 g/mol. The van der Waals surface area contributed by atoms with Crippen LogP contribution in [0.3, 0.4) is 0 Å². The van der Waals surface area contributed by atoms with Crippen molar-refractivity contribution in [1.82, 2.24) is 25.5 Å². The molecular formula is C17H16ClN5O2S. The van der Waals surface area contributed by atoms with E-state index in [0.29, 0.717) is 15.9 Å². The lowest BCUT2D eigenvalue weighted by Gasteiger charge is -2.14. The molecule has 0 spiro atoms. The Kier molecular flexibility index (Phi) is 5.75. The van der Waals surface area contributed by atoms with Crippen LogP contribution in [0.25, 0.3) is 5.69 Å². The van der Waals surface area contributed by atoms with Gasteiger partial charge < -0.3 is 10.4 Å². The molecule has 2 aromatic carbocycles. The minimum Gasteiger partial charge on any atom is -0.508 e. The third kappa shape index (κ3) is 4.53. The Hall–Kier alpha value is -2.58. The van der Waals surface area contributed by atoms with Crippen LogP contribution in [0, 0.1) is 0 Å². The fourth-order valence-corrected chi connectivity index (χ4v) is 3.10. The van der Waals surface area contributed by atoms with Crippen LogP contribution in [-0.4, -0.2) is 37.0 Å². The molecule has 0 saturated heterocycles. The minimum atomic E-state index is -0.131. The molecule has 2 N–H and O–H groups in total. The number of aromatic hydroxyl groups is 1. The molecule has 7 nitrogen and oxygen atoms in total. The molecule has 0 saturated carbocycles. The molecule has 3 aromatic rings. The summed E-state index contributed by atoms with van der Waals surface area (Å²) < 4.78 is 1.51. The van der Waals surface area contributed by atoms with Crippen LogP contribution in [0.1, 0.15) is 18.5 Å². The van der Waals surface area contributed by atoms with Gasteiger partial charge in [-0.1, -0.05) is 35.5 Å². The van der Waals surface area contributed by atoms with E-state index in [1.165, 1.54) is 16.4 Å². The maximum Gasteiger partial charge on any atom is 0.230 e. The van der Waals surface area contributed by atoms with Crippen LogP contribution in [0.4, 0.5) is 0 Å². The number of carbonyl (C=O) groups excluding carboxylic acids is 1. The van der Waals surface area contributed by atoms with Crippen LogP contribution < -0.4 is 5.32 Å². The van der Waals surface area contributed by atoms with Crippen molar-refractivity contribution >= 4 is 29.3 Å². The fraction of sp³-hybridized carbons (Fsp3) is 0.176. The van der Waals surface area contributed by atoms with Crippen molar-refractivity contribution in [1.29, 1.82) is 0 Å². The maximum atomic E-state index is 12.2. The van der Waals surface area contributed by atoms with E-state index in [4.69, 9.17) is 11.6 Å². The number of phenols is 1. The summed E-state index contributed by atoms with van der Waals surface area (Å²) in [6, 6.07) is 13.7. The van der Waals surface area contributed by atoms with Crippen molar-refractivity contribution < 1.29 is 9.90 Å². The van der Waals surface area contributed by atoms with Gasteiger partial charge in [-0.25, -0.2) is 0 Å². The summed E-state index contributed by atoms with van der Waals surface area (Å²) in [4.78, 5) is 12.2. The van der Waals surface area contributed by atoms with Crippen molar-refractivity contribution in [3.63, 3.8) is 0 Å². The van der Waals surface area contributed by atoms with Gasteiger partial charge in [0.1, 0.15) is 5.75 Å². The Labute approximate surface area is 159 Å². The smallest absolute Gasteiger partial charge is 0.230 e. The van der Waals surface area contributed by atoms with Gasteiger partial charge in [0.15, 0.2) is 0 Å². The standard InChI is InChI=1S/C17H16ClN5O2S/c1-11(12-2-4-13(18)5-3-12)19-16(25)10-26-17-20-21-22-23(17)14-6-8-15(24)9-7-14/h2-9,11,24H,10H2,1H3,(H,19,25)/t11-/m1/s1. The van der Waals surface area contributed by atoms with Crippen LogP contribution >= 0.6 is 23.4 Å². The first-order chi connectivity index (χ1) is 12.5. The third-order valence-corrected chi connectivity index (χ3v) is 4.79. The van der Waals surface area contributed by atoms with E-state index < -0.39 is 0 Å². The quantitative estimate of drug-likeness (QED) is 0.629. The number of hydrogen-bond acceptors (Lipinski definition) is 6. The topological polar surface area (TPSA) is 92.9 Å². The number of carbonyl (C=O) groups is 1. The predicted octanol–water partition coefficient (Wildman–Crippen LogP) is 2.99. The molecule has 1 amide bonds. The first kappa shape index (κ1) is 18.2. The average molecular weight is 390 g/mol. The van der Waals surface area contributed by atoms with E-state index in [1.54, 1.807) is 36.4 Å². The highest BCUT2D eigenvalue weighted by molar-refractivity contribution is 7.99. The molecule has 0 aliphatic heterocycles. The lowest BCUT2D eigenvalue weighted by atomic mass is 10.1. The molecule has 0 fully saturated rings. The first-order valence-electron chi connectivity index (χ1n) is 7.78. The Balaban J connectivity index is 1.59. The molecule has 9 heteroatoms. The van der Waals surface area contributed by atoms with Crippen molar-refractivity contribution in [3.8, 4) is 11.4 Å². The summed E-state index contributed by atoms with van der Waals surface area (Å²) in [6.07, 6.45) is 0. The molecule has 0 aliphatic rings. The summed E-state index contributed by atoms with van der Waals surface area (Å²) in [5, 5.41) is 25.0. The van der Waals surface area contributed by atoms with Gasteiger partial charge in [-0.2, -0.15) is 4.68 Å². The molecule has 0 radical (unpaired) electrons. The maximum absolute atomic E-state index is 12.2. The van der Waals surface area contributed by atoms with Crippen LogP contribution in [0.5, 0.6) is 5.75 Å². The van der Waals surface area contributed by atoms with Gasteiger partial charge >= 0.3 is 0 Å². The van der Waals surface area contributed by atoms with Crippen molar-refractivity contribution in [2.45, 2.75) is 18.1 Å². The van der Waals surface area contributed by atoms with Crippen LogP contribution in [0.2, 0.25) is 5.02 Å². The zero-order valence-electron chi connectivity index (χ0n) is 13.8. The molecule has 1 heterocycles. The molecule has 0 bridgehead atoms. The SMILES string of the molecule is C[C@@H](NC(=O)CSc1nnnn1-c1ccc(O)cc1)c1ccc(Cl)cc1. The first-order valence-corrected chi connectivity index (χ1v) is 9.14. The van der Waals surface area contributed by atoms with Gasteiger partial charge in [0.2, 0.25) is 11.1 Å². The van der Waals surface area contributed by atoms with Gasteiger partial charge in [-0.05, 0) is 59.3 Å². The minimum absolute atomic E-state index is 0.127. The zero-order valence-corrected chi connectivity index (χ0v) is 15.4. The van der Waals surface area contributed by atoms with Crippen molar-refractivity contribution in [2.24, 2.45) is 0 Å². The largest absolute Gasteiger partial charge is 0.508 e. The fourth-order valence-electron chi connectivity index (χ4n) is 2.27. The van der Waals surface area contributed by atoms with E-state index in [0.717, 1.165) is 5.56 Å². The number of rotatable bonds is 6. The summed E-state index contributed by atoms with van der Waals surface area (Å²) in [7, 11) is 0. The summed E-state index contributed by atoms with van der Waals surface area (Å²) in [5.74, 6) is 0.209. The Morgan fingerprint density at radius 3 is 2.62 bits per heavy atom. The second-order valence-electron chi connectivity index (χ2n) is 5.52. The van der Waals surface area contributed by atoms with E-state index >= 15 is 0 Å². The number of benzene rings is 2. The van der Waals surface area contributed by atoms with Gasteiger partial charge in [0, 0.05) is 5.02 Å².